The van der Waals surface area contributed by atoms with E-state index in [0.717, 1.165) is 16.9 Å². The van der Waals surface area contributed by atoms with Gasteiger partial charge in [0.05, 0.1) is 5.75 Å². The quantitative estimate of drug-likeness (QED) is 0.377. The number of benzene rings is 3. The average Bonchev–Trinajstić information content (AvgIpc) is 2.82. The normalized spacial score (nSPS) is 11.8. The molecule has 2 amide bonds. The molecule has 35 heavy (non-hydrogen) atoms. The fourth-order valence-corrected chi connectivity index (χ4v) is 4.82. The second kappa shape index (κ2) is 13.1. The molecule has 4 nitrogen and oxygen atoms in total. The fourth-order valence-electron chi connectivity index (χ4n) is 3.97. The lowest BCUT2D eigenvalue weighted by molar-refractivity contribution is -0.139. The van der Waals surface area contributed by atoms with E-state index in [1.807, 2.05) is 81.4 Å². The summed E-state index contributed by atoms with van der Waals surface area (Å²) in [5, 5.41) is 3.04. The van der Waals surface area contributed by atoms with Crippen LogP contribution in [-0.2, 0) is 28.3 Å². The van der Waals surface area contributed by atoms with Gasteiger partial charge in [-0.25, -0.2) is 0 Å². The molecule has 0 unspecified atom stereocenters. The molecule has 0 spiro atoms. The highest BCUT2D eigenvalue weighted by Gasteiger charge is 2.30. The molecule has 1 atom stereocenters. The van der Waals surface area contributed by atoms with Crippen LogP contribution in [0.3, 0.4) is 0 Å². The highest BCUT2D eigenvalue weighted by molar-refractivity contribution is 7.99. The van der Waals surface area contributed by atoms with Crippen LogP contribution in [0.2, 0.25) is 0 Å². The van der Waals surface area contributed by atoms with Crippen molar-refractivity contribution in [3.05, 3.63) is 107 Å². The van der Waals surface area contributed by atoms with Gasteiger partial charge in [-0.1, -0.05) is 90.0 Å². The standard InChI is InChI=1S/C30H36N2O2S/c1-22(2)31-30(34)28(18-25-10-6-5-7-11-25)32(19-26-15-13-23(3)14-16-26)29(33)21-35-20-27-12-8-9-24(4)17-27/h5-17,22,28H,18-21H2,1-4H3,(H,31,34)/t28-/m1/s1. The highest BCUT2D eigenvalue weighted by Crippen LogP contribution is 2.19. The van der Waals surface area contributed by atoms with E-state index < -0.39 is 6.04 Å². The Balaban J connectivity index is 1.84. The first-order valence-corrected chi connectivity index (χ1v) is 13.3. The molecule has 1 N–H and O–H groups in total. The van der Waals surface area contributed by atoms with Gasteiger partial charge in [0.1, 0.15) is 6.04 Å². The van der Waals surface area contributed by atoms with Crippen LogP contribution >= 0.6 is 11.8 Å². The Bertz CT molecular complexity index is 1100. The van der Waals surface area contributed by atoms with Crippen LogP contribution in [0.1, 0.15) is 41.7 Å². The van der Waals surface area contributed by atoms with E-state index in [0.29, 0.717) is 18.7 Å². The Morgan fingerprint density at radius 1 is 0.829 bits per heavy atom. The molecule has 0 aliphatic heterocycles. The minimum atomic E-state index is -0.590. The lowest BCUT2D eigenvalue weighted by Gasteiger charge is -2.32. The number of amides is 2. The van der Waals surface area contributed by atoms with E-state index >= 15 is 0 Å². The van der Waals surface area contributed by atoms with Crippen molar-refractivity contribution >= 4 is 23.6 Å². The first-order valence-electron chi connectivity index (χ1n) is 12.1. The van der Waals surface area contributed by atoms with Gasteiger partial charge in [0.25, 0.3) is 0 Å². The molecule has 0 saturated heterocycles. The molecule has 184 valence electrons. The summed E-state index contributed by atoms with van der Waals surface area (Å²) in [7, 11) is 0. The van der Waals surface area contributed by atoms with Gasteiger partial charge in [-0.3, -0.25) is 9.59 Å². The van der Waals surface area contributed by atoms with Crippen LogP contribution in [0.25, 0.3) is 0 Å². The summed E-state index contributed by atoms with van der Waals surface area (Å²) in [6.07, 6.45) is 0.472. The molecule has 0 aromatic heterocycles. The number of carbonyl (C=O) groups excluding carboxylic acids is 2. The monoisotopic (exact) mass is 488 g/mol. The Hall–Kier alpha value is -3.05. The zero-order valence-corrected chi connectivity index (χ0v) is 22.0. The first-order chi connectivity index (χ1) is 16.8. The van der Waals surface area contributed by atoms with Gasteiger partial charge in [0.15, 0.2) is 0 Å². The number of thioether (sulfide) groups is 1. The van der Waals surface area contributed by atoms with Gasteiger partial charge in [0, 0.05) is 24.8 Å². The summed E-state index contributed by atoms with van der Waals surface area (Å²) < 4.78 is 0. The van der Waals surface area contributed by atoms with E-state index in [-0.39, 0.29) is 17.9 Å². The Morgan fingerprint density at radius 3 is 2.17 bits per heavy atom. The van der Waals surface area contributed by atoms with Crippen molar-refractivity contribution in [2.45, 2.75) is 58.5 Å². The molecule has 0 fully saturated rings. The first kappa shape index (κ1) is 26.6. The third-order valence-electron chi connectivity index (χ3n) is 5.75. The van der Waals surface area contributed by atoms with Crippen LogP contribution < -0.4 is 5.32 Å². The van der Waals surface area contributed by atoms with Gasteiger partial charge in [-0.2, -0.15) is 0 Å². The summed E-state index contributed by atoms with van der Waals surface area (Å²) in [6.45, 7) is 8.41. The minimum Gasteiger partial charge on any atom is -0.352 e. The number of hydrogen-bond donors (Lipinski definition) is 1. The topological polar surface area (TPSA) is 49.4 Å². The van der Waals surface area contributed by atoms with E-state index in [1.165, 1.54) is 16.7 Å². The summed E-state index contributed by atoms with van der Waals surface area (Å²) in [6, 6.07) is 25.8. The predicted octanol–water partition coefficient (Wildman–Crippen LogP) is 5.70. The number of hydrogen-bond acceptors (Lipinski definition) is 3. The highest BCUT2D eigenvalue weighted by atomic mass is 32.2. The molecule has 3 aromatic rings. The molecule has 0 aliphatic rings. The van der Waals surface area contributed by atoms with Crippen molar-refractivity contribution in [1.29, 1.82) is 0 Å². The van der Waals surface area contributed by atoms with E-state index in [1.54, 1.807) is 16.7 Å². The smallest absolute Gasteiger partial charge is 0.243 e. The van der Waals surface area contributed by atoms with Crippen molar-refractivity contribution in [2.24, 2.45) is 0 Å². The van der Waals surface area contributed by atoms with E-state index in [2.05, 4.69) is 30.4 Å². The summed E-state index contributed by atoms with van der Waals surface area (Å²) >= 11 is 1.59. The molecule has 0 aliphatic carbocycles. The zero-order valence-electron chi connectivity index (χ0n) is 21.2. The van der Waals surface area contributed by atoms with Crippen molar-refractivity contribution in [2.75, 3.05) is 5.75 Å². The van der Waals surface area contributed by atoms with Crippen LogP contribution in [0.5, 0.6) is 0 Å². The van der Waals surface area contributed by atoms with Gasteiger partial charge in [-0.15, -0.1) is 11.8 Å². The number of aryl methyl sites for hydroxylation is 2. The van der Waals surface area contributed by atoms with Crippen molar-refractivity contribution in [3.63, 3.8) is 0 Å². The SMILES string of the molecule is Cc1ccc(CN(C(=O)CSCc2cccc(C)c2)[C@H](Cc2ccccc2)C(=O)NC(C)C)cc1. The van der Waals surface area contributed by atoms with Crippen molar-refractivity contribution in [3.8, 4) is 0 Å². The van der Waals surface area contributed by atoms with Crippen LogP contribution in [0, 0.1) is 13.8 Å². The lowest BCUT2D eigenvalue weighted by Crippen LogP contribution is -2.52. The average molecular weight is 489 g/mol. The fraction of sp³-hybridized carbons (Fsp3) is 0.333. The lowest BCUT2D eigenvalue weighted by atomic mass is 10.0. The van der Waals surface area contributed by atoms with Crippen LogP contribution in [-0.4, -0.2) is 34.6 Å². The van der Waals surface area contributed by atoms with Crippen LogP contribution in [0.15, 0.2) is 78.9 Å². The Morgan fingerprint density at radius 2 is 1.51 bits per heavy atom. The molecule has 0 bridgehead atoms. The van der Waals surface area contributed by atoms with E-state index in [4.69, 9.17) is 0 Å². The number of carbonyl (C=O) groups is 2. The summed E-state index contributed by atoms with van der Waals surface area (Å²) in [4.78, 5) is 28.8. The molecule has 3 aromatic carbocycles. The largest absolute Gasteiger partial charge is 0.352 e. The molecule has 0 radical (unpaired) electrons. The van der Waals surface area contributed by atoms with Crippen molar-refractivity contribution in [1.82, 2.24) is 10.2 Å². The Kier molecular flexibility index (Phi) is 9.98. The summed E-state index contributed by atoms with van der Waals surface area (Å²) in [5.41, 5.74) is 5.63. The van der Waals surface area contributed by atoms with Gasteiger partial charge in [0.2, 0.25) is 11.8 Å². The second-order valence-corrected chi connectivity index (χ2v) is 10.3. The second-order valence-electron chi connectivity index (χ2n) is 9.36. The van der Waals surface area contributed by atoms with Gasteiger partial charge in [-0.05, 0) is 44.4 Å². The molecule has 0 saturated carbocycles. The predicted molar refractivity (Wildman–Crippen MR) is 146 cm³/mol. The van der Waals surface area contributed by atoms with Crippen LogP contribution in [0.4, 0.5) is 0 Å². The molecular weight excluding hydrogens is 452 g/mol. The molecule has 3 rings (SSSR count). The molecular formula is C30H36N2O2S. The number of rotatable bonds is 11. The van der Waals surface area contributed by atoms with Crippen molar-refractivity contribution < 1.29 is 9.59 Å². The minimum absolute atomic E-state index is 0.00667. The zero-order chi connectivity index (χ0) is 25.2. The molecule has 0 heterocycles. The third-order valence-corrected chi connectivity index (χ3v) is 6.74. The molecule has 5 heteroatoms. The number of nitrogens with zero attached hydrogens (tertiary/aromatic N) is 1. The Labute approximate surface area is 214 Å². The number of nitrogens with one attached hydrogen (secondary N) is 1. The summed E-state index contributed by atoms with van der Waals surface area (Å²) in [5.74, 6) is 0.934. The van der Waals surface area contributed by atoms with Gasteiger partial charge < -0.3 is 10.2 Å². The maximum atomic E-state index is 13.6. The third kappa shape index (κ3) is 8.59. The van der Waals surface area contributed by atoms with E-state index in [9.17, 15) is 9.59 Å². The maximum absolute atomic E-state index is 13.6. The van der Waals surface area contributed by atoms with Gasteiger partial charge >= 0.3 is 0 Å². The maximum Gasteiger partial charge on any atom is 0.243 e.